The fourth-order valence-corrected chi connectivity index (χ4v) is 2.69. The van der Waals surface area contributed by atoms with Crippen LogP contribution < -0.4 is 10.6 Å². The number of hydrogen-bond donors (Lipinski definition) is 2. The summed E-state index contributed by atoms with van der Waals surface area (Å²) in [7, 11) is 0. The Hall–Kier alpha value is -1.69. The van der Waals surface area contributed by atoms with E-state index in [4.69, 9.17) is 11.1 Å². The predicted octanol–water partition coefficient (Wildman–Crippen LogP) is 1.78. The maximum Gasteiger partial charge on any atom is 0.150 e. The van der Waals surface area contributed by atoms with E-state index in [1.165, 1.54) is 0 Å². The largest absolute Gasteiger partial charge is 0.384 e. The van der Waals surface area contributed by atoms with Crippen molar-refractivity contribution in [3.63, 3.8) is 0 Å². The standard InChI is InChI=1S/C14H20F2N4/c1-3-19-4-5-20(8-9(19)2)13-11(15)6-10(14(17)18)7-12(13)16/h6-7,9H,3-5,8H2,1-2H3,(H3,17,18). The Balaban J connectivity index is 2.28. The Morgan fingerprint density at radius 2 is 1.95 bits per heavy atom. The molecule has 4 nitrogen and oxygen atoms in total. The maximum absolute atomic E-state index is 14.1. The van der Waals surface area contributed by atoms with Gasteiger partial charge in [0.15, 0.2) is 0 Å². The number of amidine groups is 1. The van der Waals surface area contributed by atoms with Gasteiger partial charge >= 0.3 is 0 Å². The lowest BCUT2D eigenvalue weighted by molar-refractivity contribution is 0.198. The molecule has 0 radical (unpaired) electrons. The number of piperazine rings is 1. The number of nitrogens with one attached hydrogen (secondary N) is 1. The first kappa shape index (κ1) is 14.7. The van der Waals surface area contributed by atoms with Gasteiger partial charge < -0.3 is 10.6 Å². The van der Waals surface area contributed by atoms with E-state index < -0.39 is 11.6 Å². The zero-order chi connectivity index (χ0) is 14.9. The average molecular weight is 282 g/mol. The van der Waals surface area contributed by atoms with Crippen LogP contribution in [-0.4, -0.2) is 43.0 Å². The highest BCUT2D eigenvalue weighted by Crippen LogP contribution is 2.27. The van der Waals surface area contributed by atoms with Crippen molar-refractivity contribution in [2.75, 3.05) is 31.1 Å². The third-order valence-electron chi connectivity index (χ3n) is 3.82. The molecule has 0 amide bonds. The van der Waals surface area contributed by atoms with Crippen molar-refractivity contribution in [1.29, 1.82) is 5.41 Å². The molecule has 1 fully saturated rings. The molecule has 1 aliphatic heterocycles. The third-order valence-corrected chi connectivity index (χ3v) is 3.82. The lowest BCUT2D eigenvalue weighted by atomic mass is 10.1. The Morgan fingerprint density at radius 1 is 1.35 bits per heavy atom. The molecular weight excluding hydrogens is 262 g/mol. The molecule has 1 aliphatic rings. The average Bonchev–Trinajstić information content (AvgIpc) is 2.38. The van der Waals surface area contributed by atoms with E-state index in [-0.39, 0.29) is 23.1 Å². The second-order valence-electron chi connectivity index (χ2n) is 5.13. The van der Waals surface area contributed by atoms with Crippen molar-refractivity contribution in [3.05, 3.63) is 29.3 Å². The number of benzene rings is 1. The zero-order valence-electron chi connectivity index (χ0n) is 11.8. The summed E-state index contributed by atoms with van der Waals surface area (Å²) in [4.78, 5) is 4.00. The molecular formula is C14H20F2N4. The van der Waals surface area contributed by atoms with Crippen molar-refractivity contribution in [1.82, 2.24) is 4.90 Å². The molecule has 1 heterocycles. The Bertz CT molecular complexity index is 495. The van der Waals surface area contributed by atoms with Crippen LogP contribution >= 0.6 is 0 Å². The quantitative estimate of drug-likeness (QED) is 0.656. The molecule has 0 bridgehead atoms. The lowest BCUT2D eigenvalue weighted by Crippen LogP contribution is -2.52. The molecule has 0 aliphatic carbocycles. The molecule has 1 aromatic carbocycles. The number of rotatable bonds is 3. The predicted molar refractivity (Wildman–Crippen MR) is 76.3 cm³/mol. The second kappa shape index (κ2) is 5.75. The minimum absolute atomic E-state index is 0.0161. The topological polar surface area (TPSA) is 56.4 Å². The van der Waals surface area contributed by atoms with E-state index in [0.29, 0.717) is 13.1 Å². The van der Waals surface area contributed by atoms with Crippen molar-refractivity contribution >= 4 is 11.5 Å². The highest BCUT2D eigenvalue weighted by atomic mass is 19.1. The van der Waals surface area contributed by atoms with Crippen molar-refractivity contribution in [3.8, 4) is 0 Å². The summed E-state index contributed by atoms with van der Waals surface area (Å²) in [6, 6.07) is 2.50. The van der Waals surface area contributed by atoms with Crippen LogP contribution in [0.25, 0.3) is 0 Å². The molecule has 6 heteroatoms. The second-order valence-corrected chi connectivity index (χ2v) is 5.13. The summed E-state index contributed by atoms with van der Waals surface area (Å²) in [5.41, 5.74) is 5.33. The first-order valence-electron chi connectivity index (χ1n) is 6.76. The lowest BCUT2D eigenvalue weighted by Gasteiger charge is -2.40. The molecule has 0 saturated carbocycles. The fraction of sp³-hybridized carbons (Fsp3) is 0.500. The van der Waals surface area contributed by atoms with Crippen LogP contribution in [0.4, 0.5) is 14.5 Å². The van der Waals surface area contributed by atoms with Gasteiger partial charge in [-0.2, -0.15) is 0 Å². The van der Waals surface area contributed by atoms with Gasteiger partial charge in [-0.1, -0.05) is 6.92 Å². The van der Waals surface area contributed by atoms with E-state index in [1.54, 1.807) is 4.90 Å². The van der Waals surface area contributed by atoms with Crippen LogP contribution in [0.15, 0.2) is 12.1 Å². The smallest absolute Gasteiger partial charge is 0.150 e. The number of halogens is 2. The highest BCUT2D eigenvalue weighted by molar-refractivity contribution is 5.95. The number of anilines is 1. The van der Waals surface area contributed by atoms with Gasteiger partial charge in [-0.3, -0.25) is 10.3 Å². The monoisotopic (exact) mass is 282 g/mol. The van der Waals surface area contributed by atoms with E-state index in [2.05, 4.69) is 18.7 Å². The van der Waals surface area contributed by atoms with Gasteiger partial charge in [0.1, 0.15) is 23.2 Å². The zero-order valence-corrected chi connectivity index (χ0v) is 11.8. The number of nitrogens with two attached hydrogens (primary N) is 1. The summed E-state index contributed by atoms with van der Waals surface area (Å²) < 4.78 is 28.2. The summed E-state index contributed by atoms with van der Waals surface area (Å²) in [5, 5.41) is 7.25. The molecule has 0 spiro atoms. The van der Waals surface area contributed by atoms with Crippen molar-refractivity contribution in [2.24, 2.45) is 5.73 Å². The summed E-state index contributed by atoms with van der Waals surface area (Å²) in [6.07, 6.45) is 0. The highest BCUT2D eigenvalue weighted by Gasteiger charge is 2.26. The molecule has 3 N–H and O–H groups in total. The van der Waals surface area contributed by atoms with Crippen LogP contribution in [0, 0.1) is 17.0 Å². The number of hydrogen-bond acceptors (Lipinski definition) is 3. The minimum Gasteiger partial charge on any atom is -0.384 e. The van der Waals surface area contributed by atoms with Gasteiger partial charge in [-0.25, -0.2) is 8.78 Å². The van der Waals surface area contributed by atoms with Crippen LogP contribution in [-0.2, 0) is 0 Å². The molecule has 110 valence electrons. The summed E-state index contributed by atoms with van der Waals surface area (Å²) >= 11 is 0. The summed E-state index contributed by atoms with van der Waals surface area (Å²) in [6.45, 7) is 7.02. The molecule has 20 heavy (non-hydrogen) atoms. The number of nitrogen functional groups attached to an aromatic ring is 1. The Kier molecular flexibility index (Phi) is 4.23. The minimum atomic E-state index is -0.660. The van der Waals surface area contributed by atoms with Gasteiger partial charge in [-0.15, -0.1) is 0 Å². The fourth-order valence-electron chi connectivity index (χ4n) is 2.69. The summed E-state index contributed by atoms with van der Waals surface area (Å²) in [5.74, 6) is -1.65. The molecule has 1 atom stereocenters. The molecule has 1 unspecified atom stereocenters. The SMILES string of the molecule is CCN1CCN(c2c(F)cc(C(=N)N)cc2F)CC1C. The molecule has 0 aromatic heterocycles. The molecule has 2 rings (SSSR count). The van der Waals surface area contributed by atoms with Gasteiger partial charge in [-0.05, 0) is 25.6 Å². The van der Waals surface area contributed by atoms with E-state index in [9.17, 15) is 8.78 Å². The third kappa shape index (κ3) is 2.75. The van der Waals surface area contributed by atoms with Gasteiger partial charge in [0, 0.05) is 31.2 Å². The van der Waals surface area contributed by atoms with E-state index in [0.717, 1.165) is 25.2 Å². The first-order valence-corrected chi connectivity index (χ1v) is 6.76. The van der Waals surface area contributed by atoms with Gasteiger partial charge in [0.2, 0.25) is 0 Å². The maximum atomic E-state index is 14.1. The Labute approximate surface area is 117 Å². The van der Waals surface area contributed by atoms with E-state index >= 15 is 0 Å². The first-order chi connectivity index (χ1) is 9.43. The van der Waals surface area contributed by atoms with Gasteiger partial charge in [0.25, 0.3) is 0 Å². The van der Waals surface area contributed by atoms with Crippen LogP contribution in [0.2, 0.25) is 0 Å². The Morgan fingerprint density at radius 3 is 2.40 bits per heavy atom. The van der Waals surface area contributed by atoms with Crippen LogP contribution in [0.3, 0.4) is 0 Å². The van der Waals surface area contributed by atoms with Crippen molar-refractivity contribution in [2.45, 2.75) is 19.9 Å². The normalized spacial score (nSPS) is 20.2. The van der Waals surface area contributed by atoms with Crippen LogP contribution in [0.5, 0.6) is 0 Å². The van der Waals surface area contributed by atoms with E-state index in [1.807, 2.05) is 0 Å². The molecule has 1 aromatic rings. The van der Waals surface area contributed by atoms with Crippen LogP contribution in [0.1, 0.15) is 19.4 Å². The van der Waals surface area contributed by atoms with Crippen molar-refractivity contribution < 1.29 is 8.78 Å². The van der Waals surface area contributed by atoms with Gasteiger partial charge in [0.05, 0.1) is 0 Å². The number of likely N-dealkylation sites (N-methyl/N-ethyl adjacent to an activating group) is 1. The number of nitrogens with zero attached hydrogens (tertiary/aromatic N) is 2. The molecule has 1 saturated heterocycles.